The zero-order chi connectivity index (χ0) is 33.5. The normalized spacial score (nSPS) is 14.6. The molecule has 0 bridgehead atoms. The second-order valence-electron chi connectivity index (χ2n) is 10.5. The maximum absolute atomic E-state index is 11.3. The van der Waals surface area contributed by atoms with E-state index in [9.17, 15) is 25.9 Å². The number of allylic oxidation sites excluding steroid dienone is 4. The van der Waals surface area contributed by atoms with Crippen molar-refractivity contribution in [3.63, 3.8) is 0 Å². The average molecular weight is 717 g/mol. The molecule has 0 N–H and O–H groups in total. The second-order valence-corrected chi connectivity index (χ2v) is 14.0. The van der Waals surface area contributed by atoms with E-state index >= 15 is 0 Å². The molecular formula is C31H38ClN4NaO8S2. The van der Waals surface area contributed by atoms with Crippen molar-refractivity contribution in [2.24, 2.45) is 0 Å². The number of imidazole rings is 1. The van der Waals surface area contributed by atoms with E-state index in [0.29, 0.717) is 31.2 Å². The van der Waals surface area contributed by atoms with Gasteiger partial charge in [0.15, 0.2) is 11.0 Å². The van der Waals surface area contributed by atoms with Crippen LogP contribution in [0.15, 0.2) is 66.5 Å². The fourth-order valence-corrected chi connectivity index (χ4v) is 6.73. The third kappa shape index (κ3) is 10.4. The second kappa shape index (κ2) is 17.4. The molecule has 0 saturated heterocycles. The summed E-state index contributed by atoms with van der Waals surface area (Å²) in [4.78, 5) is 13.9. The standard InChI is InChI=1S/C31H39ClN4O8S2.Na/c1-4-33-26-15-13-24(23-44-43-3)21-28(26)35(17-9-19-45(37,38)39)30(33)11-7-6-8-12-31-34(5-2)27-16-14-25(32)22-29(27)36(31)18-10-20-46(40,41)42;/h6-8,11-16,21-22H,4-5,9-10,17-20,23H2,1-3H3,(H-,37,38,39,40,41,42);/q;+1/p-1. The Balaban J connectivity index is 0.00000600. The Bertz CT molecular complexity index is 1860. The molecule has 2 heterocycles. The van der Waals surface area contributed by atoms with Gasteiger partial charge >= 0.3 is 29.6 Å². The largest absolute Gasteiger partial charge is 1.00 e. The van der Waals surface area contributed by atoms with Crippen molar-refractivity contribution in [1.82, 2.24) is 4.57 Å². The van der Waals surface area contributed by atoms with E-state index in [4.69, 9.17) is 21.4 Å². The van der Waals surface area contributed by atoms with Gasteiger partial charge in [0.25, 0.3) is 5.82 Å². The molecule has 1 aliphatic heterocycles. The number of benzene rings is 2. The molecule has 0 fully saturated rings. The van der Waals surface area contributed by atoms with Crippen LogP contribution in [0.2, 0.25) is 5.02 Å². The van der Waals surface area contributed by atoms with E-state index in [1.54, 1.807) is 6.07 Å². The van der Waals surface area contributed by atoms with E-state index in [2.05, 4.69) is 9.47 Å². The molecule has 1 aliphatic rings. The maximum atomic E-state index is 11.3. The Kier molecular flexibility index (Phi) is 14.5. The van der Waals surface area contributed by atoms with Gasteiger partial charge in [-0.15, -0.1) is 0 Å². The van der Waals surface area contributed by atoms with Gasteiger partial charge in [0.05, 0.1) is 51.8 Å². The molecule has 0 atom stereocenters. The molecule has 0 unspecified atom stereocenters. The SMILES string of the molecule is CCN1\C(=C/C=C/C=C/c2n(CCCS(=O)(=O)[O-])c3cc(COOC)ccc3[n+]2CC)N(CCCS(=O)(=O)[O-])c2cc(Cl)ccc21.[Na+]. The summed E-state index contributed by atoms with van der Waals surface area (Å²) in [7, 11) is -7.28. The summed E-state index contributed by atoms with van der Waals surface area (Å²) in [5, 5.41) is 0.543. The Morgan fingerprint density at radius 1 is 0.894 bits per heavy atom. The smallest absolute Gasteiger partial charge is 0.748 e. The molecule has 0 radical (unpaired) electrons. The number of hydrogen-bond donors (Lipinski definition) is 0. The Morgan fingerprint density at radius 3 is 2.23 bits per heavy atom. The number of aromatic nitrogens is 2. The molecule has 47 heavy (non-hydrogen) atoms. The van der Waals surface area contributed by atoms with Crippen LogP contribution in [-0.4, -0.2) is 62.2 Å². The minimum Gasteiger partial charge on any atom is -0.748 e. The van der Waals surface area contributed by atoms with Crippen LogP contribution < -0.4 is 43.9 Å². The van der Waals surface area contributed by atoms with Gasteiger partial charge in [-0.3, -0.25) is 0 Å². The van der Waals surface area contributed by atoms with Gasteiger partial charge in [-0.1, -0.05) is 35.9 Å². The number of anilines is 2. The molecule has 3 aromatic rings. The first-order valence-corrected chi connectivity index (χ1v) is 18.4. The maximum Gasteiger partial charge on any atom is 1.00 e. The summed E-state index contributed by atoms with van der Waals surface area (Å²) in [5.41, 5.74) is 4.43. The number of nitrogens with zero attached hydrogens (tertiary/aromatic N) is 4. The van der Waals surface area contributed by atoms with E-state index < -0.39 is 31.7 Å². The predicted octanol–water partition coefficient (Wildman–Crippen LogP) is 1.31. The number of rotatable bonds is 16. The van der Waals surface area contributed by atoms with Crippen LogP contribution in [0.3, 0.4) is 0 Å². The Labute approximate surface area is 303 Å². The van der Waals surface area contributed by atoms with E-state index in [0.717, 1.165) is 39.6 Å². The summed E-state index contributed by atoms with van der Waals surface area (Å²) >= 11 is 6.29. The van der Waals surface area contributed by atoms with Crippen molar-refractivity contribution in [3.05, 3.63) is 82.9 Å². The molecule has 0 amide bonds. The number of fused-ring (bicyclic) bond motifs is 2. The Morgan fingerprint density at radius 2 is 1.60 bits per heavy atom. The Hall–Kier alpha value is -2.24. The first-order chi connectivity index (χ1) is 21.9. The average Bonchev–Trinajstić information content (AvgIpc) is 3.44. The van der Waals surface area contributed by atoms with Crippen LogP contribution in [0.4, 0.5) is 11.4 Å². The first kappa shape index (κ1) is 39.2. The van der Waals surface area contributed by atoms with Crippen LogP contribution in [0.25, 0.3) is 17.1 Å². The minimum absolute atomic E-state index is 0. The number of hydrogen-bond acceptors (Lipinski definition) is 10. The summed E-state index contributed by atoms with van der Waals surface area (Å²) in [6.45, 7) is 6.17. The molecule has 0 aliphatic carbocycles. The van der Waals surface area contributed by atoms with Gasteiger partial charge in [0.1, 0.15) is 12.4 Å². The minimum atomic E-state index is -4.36. The van der Waals surface area contributed by atoms with Crippen LogP contribution in [0.1, 0.15) is 38.1 Å². The molecule has 0 saturated carbocycles. The van der Waals surface area contributed by atoms with Gasteiger partial charge in [0, 0.05) is 35.7 Å². The quantitative estimate of drug-likeness (QED) is 0.0531. The summed E-state index contributed by atoms with van der Waals surface area (Å²) < 4.78 is 71.9. The van der Waals surface area contributed by atoms with Crippen LogP contribution in [0.5, 0.6) is 0 Å². The van der Waals surface area contributed by atoms with Gasteiger partial charge < -0.3 is 18.9 Å². The molecule has 4 rings (SSSR count). The molecule has 1 aromatic heterocycles. The zero-order valence-corrected chi connectivity index (χ0v) is 31.4. The molecule has 0 spiro atoms. The summed E-state index contributed by atoms with van der Waals surface area (Å²) in [5.74, 6) is 0.696. The predicted molar refractivity (Wildman–Crippen MR) is 176 cm³/mol. The van der Waals surface area contributed by atoms with E-state index in [-0.39, 0.29) is 49.0 Å². The monoisotopic (exact) mass is 716 g/mol. The van der Waals surface area contributed by atoms with Gasteiger partial charge in [-0.05, 0) is 68.7 Å². The fourth-order valence-electron chi connectivity index (χ4n) is 5.60. The molecule has 2 aromatic carbocycles. The van der Waals surface area contributed by atoms with E-state index in [1.807, 2.05) is 84.0 Å². The van der Waals surface area contributed by atoms with Crippen LogP contribution in [0, 0.1) is 0 Å². The van der Waals surface area contributed by atoms with Gasteiger partial charge in [-0.2, -0.15) is 0 Å². The topological polar surface area (TPSA) is 148 Å². The third-order valence-electron chi connectivity index (χ3n) is 7.49. The van der Waals surface area contributed by atoms with Crippen molar-refractivity contribution in [2.45, 2.75) is 46.4 Å². The zero-order valence-electron chi connectivity index (χ0n) is 27.0. The van der Waals surface area contributed by atoms with Crippen molar-refractivity contribution >= 4 is 60.3 Å². The summed E-state index contributed by atoms with van der Waals surface area (Å²) in [6, 6.07) is 11.4. The summed E-state index contributed by atoms with van der Waals surface area (Å²) in [6.07, 6.45) is 9.75. The molecular weight excluding hydrogens is 679 g/mol. The number of halogens is 1. The van der Waals surface area contributed by atoms with Crippen molar-refractivity contribution in [2.75, 3.05) is 41.5 Å². The van der Waals surface area contributed by atoms with Crippen molar-refractivity contribution < 1.29 is 69.8 Å². The molecule has 16 heteroatoms. The first-order valence-electron chi connectivity index (χ1n) is 14.8. The molecule has 12 nitrogen and oxygen atoms in total. The van der Waals surface area contributed by atoms with Crippen LogP contribution in [-0.2, 0) is 49.7 Å². The molecule has 250 valence electrons. The van der Waals surface area contributed by atoms with Gasteiger partial charge in [0.2, 0.25) is 0 Å². The van der Waals surface area contributed by atoms with Gasteiger partial charge in [-0.25, -0.2) is 35.7 Å². The van der Waals surface area contributed by atoms with Crippen molar-refractivity contribution in [3.8, 4) is 0 Å². The number of aryl methyl sites for hydroxylation is 2. The van der Waals surface area contributed by atoms with Crippen molar-refractivity contribution in [1.29, 1.82) is 0 Å². The van der Waals surface area contributed by atoms with E-state index in [1.165, 1.54) is 7.11 Å². The third-order valence-corrected chi connectivity index (χ3v) is 9.30. The van der Waals surface area contributed by atoms with Crippen LogP contribution >= 0.6 is 11.6 Å². The fraction of sp³-hybridized carbons (Fsp3) is 0.387.